The van der Waals surface area contributed by atoms with E-state index in [1.54, 1.807) is 23.1 Å². The first-order valence-corrected chi connectivity index (χ1v) is 10.5. The van der Waals surface area contributed by atoms with Gasteiger partial charge in [-0.2, -0.15) is 0 Å². The molecule has 0 N–H and O–H groups in total. The first-order valence-electron chi connectivity index (χ1n) is 8.88. The summed E-state index contributed by atoms with van der Waals surface area (Å²) < 4.78 is 0. The van der Waals surface area contributed by atoms with Crippen molar-refractivity contribution in [1.29, 1.82) is 0 Å². The predicted molar refractivity (Wildman–Crippen MR) is 123 cm³/mol. The van der Waals surface area contributed by atoms with Gasteiger partial charge < -0.3 is 0 Å². The van der Waals surface area contributed by atoms with Crippen LogP contribution in [0.15, 0.2) is 79.5 Å². The van der Waals surface area contributed by atoms with Crippen LogP contribution in [0.25, 0.3) is 20.4 Å². The fourth-order valence-corrected chi connectivity index (χ4v) is 4.67. The predicted octanol–water partition coefficient (Wildman–Crippen LogP) is 7.75. The summed E-state index contributed by atoms with van der Waals surface area (Å²) in [6, 6.07) is 17.1. The minimum atomic E-state index is 1.05. The summed E-state index contributed by atoms with van der Waals surface area (Å²) in [7, 11) is 0. The van der Waals surface area contributed by atoms with Gasteiger partial charge in [0, 0.05) is 21.6 Å². The van der Waals surface area contributed by atoms with Crippen molar-refractivity contribution in [2.75, 3.05) is 0 Å². The average molecular weight is 390 g/mol. The number of aromatic nitrogens is 1. The standard InChI is InChI=1S/C24H23NS2/c1-5-7-22(19-12-8-17(3)9-13-19)26-21(6-2)23-16-25-24(27-23)20-14-10-18(4)11-15-20/h5-16H,1H2,2-4H3/b21-6-,22-7+. The maximum atomic E-state index is 4.65. The molecule has 0 aliphatic heterocycles. The van der Waals surface area contributed by atoms with Gasteiger partial charge in [0.25, 0.3) is 0 Å². The molecule has 0 fully saturated rings. The number of aryl methyl sites for hydroxylation is 2. The van der Waals surface area contributed by atoms with Gasteiger partial charge in [0.1, 0.15) is 5.01 Å². The van der Waals surface area contributed by atoms with Crippen LogP contribution in [0.5, 0.6) is 0 Å². The van der Waals surface area contributed by atoms with Crippen molar-refractivity contribution in [1.82, 2.24) is 4.98 Å². The number of allylic oxidation sites excluding steroid dienone is 3. The van der Waals surface area contributed by atoms with Crippen LogP contribution in [0.1, 0.15) is 28.5 Å². The maximum absolute atomic E-state index is 4.65. The zero-order valence-electron chi connectivity index (χ0n) is 15.9. The molecule has 0 spiro atoms. The summed E-state index contributed by atoms with van der Waals surface area (Å²) in [5, 5.41) is 1.05. The van der Waals surface area contributed by atoms with Crippen molar-refractivity contribution in [3.8, 4) is 10.6 Å². The Morgan fingerprint density at radius 3 is 2.19 bits per heavy atom. The van der Waals surface area contributed by atoms with Crippen molar-refractivity contribution in [3.05, 3.63) is 101 Å². The fraction of sp³-hybridized carbons (Fsp3) is 0.125. The summed E-state index contributed by atoms with van der Waals surface area (Å²) in [5.74, 6) is 0. The lowest BCUT2D eigenvalue weighted by atomic mass is 10.1. The van der Waals surface area contributed by atoms with Crippen LogP contribution < -0.4 is 0 Å². The quantitative estimate of drug-likeness (QED) is 0.400. The van der Waals surface area contributed by atoms with Crippen LogP contribution in [-0.2, 0) is 0 Å². The van der Waals surface area contributed by atoms with Crippen molar-refractivity contribution in [2.45, 2.75) is 20.8 Å². The Morgan fingerprint density at radius 1 is 0.963 bits per heavy atom. The van der Waals surface area contributed by atoms with Crippen LogP contribution in [0, 0.1) is 13.8 Å². The average Bonchev–Trinajstić information content (AvgIpc) is 3.16. The van der Waals surface area contributed by atoms with Gasteiger partial charge in [0.05, 0.1) is 4.88 Å². The van der Waals surface area contributed by atoms with Crippen molar-refractivity contribution >= 4 is 32.9 Å². The molecule has 27 heavy (non-hydrogen) atoms. The molecule has 1 aromatic heterocycles. The monoisotopic (exact) mass is 389 g/mol. The molecule has 0 saturated carbocycles. The van der Waals surface area contributed by atoms with E-state index in [2.05, 4.69) is 93.0 Å². The summed E-state index contributed by atoms with van der Waals surface area (Å²) >= 11 is 3.49. The van der Waals surface area contributed by atoms with Crippen LogP contribution >= 0.6 is 23.1 Å². The summed E-state index contributed by atoms with van der Waals surface area (Å²) in [5.41, 5.74) is 4.89. The highest BCUT2D eigenvalue weighted by atomic mass is 32.2. The number of hydrogen-bond donors (Lipinski definition) is 0. The van der Waals surface area contributed by atoms with Crippen molar-refractivity contribution in [3.63, 3.8) is 0 Å². The third-order valence-corrected chi connectivity index (χ3v) is 6.61. The third-order valence-electron chi connectivity index (χ3n) is 4.13. The lowest BCUT2D eigenvalue weighted by Gasteiger charge is -2.09. The third kappa shape index (κ3) is 4.88. The smallest absolute Gasteiger partial charge is 0.123 e. The fourth-order valence-electron chi connectivity index (χ4n) is 2.60. The first kappa shape index (κ1) is 19.4. The molecule has 1 nitrogen and oxygen atoms in total. The molecule has 3 rings (SSSR count). The molecule has 136 valence electrons. The van der Waals surface area contributed by atoms with Gasteiger partial charge in [-0.05, 0) is 32.4 Å². The lowest BCUT2D eigenvalue weighted by Crippen LogP contribution is -1.82. The number of rotatable bonds is 6. The molecule has 0 saturated heterocycles. The molecule has 2 aromatic carbocycles. The van der Waals surface area contributed by atoms with E-state index in [4.69, 9.17) is 0 Å². The summed E-state index contributed by atoms with van der Waals surface area (Å²) in [4.78, 5) is 8.22. The highest BCUT2D eigenvalue weighted by molar-refractivity contribution is 8.16. The number of benzene rings is 2. The number of hydrogen-bond acceptors (Lipinski definition) is 3. The molecular weight excluding hydrogens is 366 g/mol. The van der Waals surface area contributed by atoms with Gasteiger partial charge in [-0.15, -0.1) is 11.3 Å². The molecule has 0 aliphatic rings. The van der Waals surface area contributed by atoms with E-state index in [1.165, 1.54) is 31.4 Å². The van der Waals surface area contributed by atoms with Crippen LogP contribution in [0.2, 0.25) is 0 Å². The van der Waals surface area contributed by atoms with E-state index in [9.17, 15) is 0 Å². The Hall–Kier alpha value is -2.36. The van der Waals surface area contributed by atoms with E-state index in [0.717, 1.165) is 10.6 Å². The minimum absolute atomic E-state index is 1.05. The molecule has 3 heteroatoms. The number of thiazole rings is 1. The zero-order chi connectivity index (χ0) is 19.2. The molecule has 1 heterocycles. The van der Waals surface area contributed by atoms with Crippen molar-refractivity contribution < 1.29 is 0 Å². The molecule has 0 atom stereocenters. The second-order valence-electron chi connectivity index (χ2n) is 6.28. The Bertz CT molecular complexity index is 974. The Kier molecular flexibility index (Phi) is 6.49. The van der Waals surface area contributed by atoms with E-state index >= 15 is 0 Å². The van der Waals surface area contributed by atoms with Gasteiger partial charge in [-0.25, -0.2) is 4.98 Å². The summed E-state index contributed by atoms with van der Waals surface area (Å²) in [6.45, 7) is 10.2. The van der Waals surface area contributed by atoms with Crippen LogP contribution in [0.3, 0.4) is 0 Å². The molecule has 0 unspecified atom stereocenters. The van der Waals surface area contributed by atoms with Gasteiger partial charge in [-0.1, -0.05) is 90.2 Å². The van der Waals surface area contributed by atoms with Crippen molar-refractivity contribution in [2.24, 2.45) is 0 Å². The normalized spacial score (nSPS) is 12.3. The Morgan fingerprint density at radius 2 is 1.59 bits per heavy atom. The van der Waals surface area contributed by atoms with Gasteiger partial charge in [0.15, 0.2) is 0 Å². The topological polar surface area (TPSA) is 12.9 Å². The highest BCUT2D eigenvalue weighted by Crippen LogP contribution is 2.42. The second kappa shape index (κ2) is 9.03. The second-order valence-corrected chi connectivity index (χ2v) is 8.40. The lowest BCUT2D eigenvalue weighted by molar-refractivity contribution is 1.39. The minimum Gasteiger partial charge on any atom is -0.244 e. The molecular formula is C24H23NS2. The highest BCUT2D eigenvalue weighted by Gasteiger charge is 2.12. The molecule has 0 amide bonds. The zero-order valence-corrected chi connectivity index (χ0v) is 17.5. The van der Waals surface area contributed by atoms with E-state index in [0.29, 0.717) is 0 Å². The summed E-state index contributed by atoms with van der Waals surface area (Å²) in [6.07, 6.45) is 8.05. The van der Waals surface area contributed by atoms with Gasteiger partial charge in [-0.3, -0.25) is 0 Å². The molecule has 0 aliphatic carbocycles. The first-order chi connectivity index (χ1) is 13.1. The molecule has 0 radical (unpaired) electrons. The SMILES string of the molecule is C=C/C=C(/S/C(=C\C)c1cnc(-c2ccc(C)cc2)s1)c1ccc(C)cc1. The van der Waals surface area contributed by atoms with Gasteiger partial charge >= 0.3 is 0 Å². The number of thioether (sulfide) groups is 1. The van der Waals surface area contributed by atoms with Crippen LogP contribution in [-0.4, -0.2) is 4.98 Å². The van der Waals surface area contributed by atoms with E-state index in [-0.39, 0.29) is 0 Å². The van der Waals surface area contributed by atoms with E-state index < -0.39 is 0 Å². The Balaban J connectivity index is 1.86. The molecule has 3 aromatic rings. The van der Waals surface area contributed by atoms with Crippen LogP contribution in [0.4, 0.5) is 0 Å². The van der Waals surface area contributed by atoms with E-state index in [1.807, 2.05) is 12.3 Å². The number of nitrogens with zero attached hydrogens (tertiary/aromatic N) is 1. The van der Waals surface area contributed by atoms with Gasteiger partial charge in [0.2, 0.25) is 0 Å². The maximum Gasteiger partial charge on any atom is 0.123 e. The Labute approximate surface area is 170 Å². The molecule has 0 bridgehead atoms. The largest absolute Gasteiger partial charge is 0.244 e.